The third-order valence-electron chi connectivity index (χ3n) is 4.70. The van der Waals surface area contributed by atoms with Crippen molar-refractivity contribution in [3.63, 3.8) is 0 Å². The molecule has 1 saturated heterocycles. The lowest BCUT2D eigenvalue weighted by molar-refractivity contribution is -0.117. The molecule has 1 amide bonds. The second-order valence-electron chi connectivity index (χ2n) is 6.52. The number of carbonyl (C=O) groups excluding carboxylic acids is 1. The quantitative estimate of drug-likeness (QED) is 0.650. The van der Waals surface area contributed by atoms with Crippen LogP contribution in [0, 0.1) is 0 Å². The van der Waals surface area contributed by atoms with Crippen LogP contribution in [0.3, 0.4) is 0 Å². The Morgan fingerprint density at radius 1 is 1.18 bits per heavy atom. The van der Waals surface area contributed by atoms with Gasteiger partial charge in [-0.25, -0.2) is 0 Å². The monoisotopic (exact) mass is 379 g/mol. The van der Waals surface area contributed by atoms with Crippen molar-refractivity contribution in [3.8, 4) is 22.9 Å². The van der Waals surface area contributed by atoms with E-state index in [4.69, 9.17) is 14.0 Å². The number of rotatable bonds is 6. The Morgan fingerprint density at radius 2 is 2.00 bits per heavy atom. The Hall–Kier alpha value is -3.35. The van der Waals surface area contributed by atoms with Crippen LogP contribution in [0.2, 0.25) is 0 Å². The molecule has 28 heavy (non-hydrogen) atoms. The van der Waals surface area contributed by atoms with Crippen molar-refractivity contribution in [3.05, 3.63) is 54.4 Å². The largest absolute Gasteiger partial charge is 0.497 e. The van der Waals surface area contributed by atoms with Crippen molar-refractivity contribution >= 4 is 11.6 Å². The first-order valence-electron chi connectivity index (χ1n) is 9.19. The second-order valence-corrected chi connectivity index (χ2v) is 6.52. The number of aromatic nitrogens is 2. The van der Waals surface area contributed by atoms with E-state index in [9.17, 15) is 4.79 Å². The smallest absolute Gasteiger partial charge is 0.232 e. The summed E-state index contributed by atoms with van der Waals surface area (Å²) in [4.78, 5) is 18.8. The molecule has 0 spiro atoms. The fraction of sp³-hybridized carbons (Fsp3) is 0.286. The van der Waals surface area contributed by atoms with Crippen LogP contribution >= 0.6 is 0 Å². The highest BCUT2D eigenvalue weighted by Crippen LogP contribution is 2.33. The van der Waals surface area contributed by atoms with Gasteiger partial charge in [0, 0.05) is 30.3 Å². The van der Waals surface area contributed by atoms with Gasteiger partial charge in [0.15, 0.2) is 0 Å². The topological polar surface area (TPSA) is 77.7 Å². The summed E-state index contributed by atoms with van der Waals surface area (Å²) >= 11 is 0. The molecule has 1 unspecified atom stereocenters. The molecule has 1 atom stereocenters. The van der Waals surface area contributed by atoms with E-state index in [1.54, 1.807) is 12.0 Å². The lowest BCUT2D eigenvalue weighted by Crippen LogP contribution is -2.24. The maximum atomic E-state index is 12.5. The maximum absolute atomic E-state index is 12.5. The van der Waals surface area contributed by atoms with Gasteiger partial charge in [-0.1, -0.05) is 11.2 Å². The highest BCUT2D eigenvalue weighted by molar-refractivity contribution is 5.96. The normalized spacial score (nSPS) is 16.4. The Labute approximate surface area is 162 Å². The third kappa shape index (κ3) is 3.55. The van der Waals surface area contributed by atoms with Crippen molar-refractivity contribution in [2.45, 2.75) is 19.3 Å². The minimum absolute atomic E-state index is 0.0269. The van der Waals surface area contributed by atoms with Crippen molar-refractivity contribution in [1.29, 1.82) is 0 Å². The predicted molar refractivity (Wildman–Crippen MR) is 104 cm³/mol. The molecule has 0 saturated carbocycles. The summed E-state index contributed by atoms with van der Waals surface area (Å²) in [5.41, 5.74) is 1.64. The molecule has 7 heteroatoms. The van der Waals surface area contributed by atoms with Gasteiger partial charge < -0.3 is 18.9 Å². The molecule has 0 bridgehead atoms. The number of benzene rings is 2. The van der Waals surface area contributed by atoms with Crippen molar-refractivity contribution in [2.75, 3.05) is 25.2 Å². The molecule has 1 aliphatic rings. The molecule has 3 aromatic rings. The first-order valence-corrected chi connectivity index (χ1v) is 9.19. The van der Waals surface area contributed by atoms with E-state index in [1.165, 1.54) is 0 Å². The van der Waals surface area contributed by atoms with Gasteiger partial charge in [-0.05, 0) is 43.3 Å². The number of carbonyl (C=O) groups is 1. The van der Waals surface area contributed by atoms with Crippen molar-refractivity contribution in [1.82, 2.24) is 10.1 Å². The molecule has 1 aliphatic heterocycles. The number of ether oxygens (including phenoxy) is 2. The van der Waals surface area contributed by atoms with Crippen molar-refractivity contribution < 1.29 is 18.8 Å². The SMILES string of the molecule is CCOc1ccc(-c2noc(C3CC(=O)N(c4cccc(OC)c4)C3)n2)cc1. The third-order valence-corrected chi connectivity index (χ3v) is 4.70. The minimum atomic E-state index is -0.136. The van der Waals surface area contributed by atoms with Crippen LogP contribution in [0.1, 0.15) is 25.2 Å². The van der Waals surface area contributed by atoms with Crippen LogP contribution in [0.25, 0.3) is 11.4 Å². The Balaban J connectivity index is 1.50. The van der Waals surface area contributed by atoms with E-state index in [2.05, 4.69) is 10.1 Å². The summed E-state index contributed by atoms with van der Waals surface area (Å²) in [5.74, 6) is 2.38. The Kier molecular flexibility index (Phi) is 4.97. The van der Waals surface area contributed by atoms with Gasteiger partial charge in [-0.15, -0.1) is 0 Å². The summed E-state index contributed by atoms with van der Waals surface area (Å²) in [6.07, 6.45) is 0.335. The van der Waals surface area contributed by atoms with E-state index in [0.717, 1.165) is 17.0 Å². The number of nitrogens with zero attached hydrogens (tertiary/aromatic N) is 3. The van der Waals surface area contributed by atoms with Gasteiger partial charge in [0.1, 0.15) is 11.5 Å². The van der Waals surface area contributed by atoms with Gasteiger partial charge in [0.25, 0.3) is 0 Å². The molecule has 0 radical (unpaired) electrons. The Bertz CT molecular complexity index is 968. The minimum Gasteiger partial charge on any atom is -0.497 e. The number of anilines is 1. The molecule has 0 N–H and O–H groups in total. The summed E-state index contributed by atoms with van der Waals surface area (Å²) in [6, 6.07) is 15.0. The zero-order chi connectivity index (χ0) is 19.5. The lowest BCUT2D eigenvalue weighted by Gasteiger charge is -2.16. The Morgan fingerprint density at radius 3 is 2.75 bits per heavy atom. The molecule has 4 rings (SSSR count). The number of amides is 1. The standard InChI is InChI=1S/C21H21N3O4/c1-3-27-17-9-7-14(8-10-17)20-22-21(28-23-20)15-11-19(25)24(13-15)16-5-4-6-18(12-16)26-2/h4-10,12,15H,3,11,13H2,1-2H3. The zero-order valence-corrected chi connectivity index (χ0v) is 15.8. The molecule has 0 aliphatic carbocycles. The van der Waals surface area contributed by atoms with Crippen LogP contribution in [-0.2, 0) is 4.79 Å². The highest BCUT2D eigenvalue weighted by atomic mass is 16.5. The molecule has 144 valence electrons. The van der Waals surface area contributed by atoms with E-state index in [1.807, 2.05) is 55.5 Å². The van der Waals surface area contributed by atoms with E-state index < -0.39 is 0 Å². The fourth-order valence-corrected chi connectivity index (χ4v) is 3.29. The second kappa shape index (κ2) is 7.72. The molecule has 1 fully saturated rings. The van der Waals surface area contributed by atoms with Gasteiger partial charge >= 0.3 is 0 Å². The number of methoxy groups -OCH3 is 1. The van der Waals surface area contributed by atoms with Crippen molar-refractivity contribution in [2.24, 2.45) is 0 Å². The molecule has 7 nitrogen and oxygen atoms in total. The van der Waals surface area contributed by atoms with Gasteiger partial charge in [0.2, 0.25) is 17.6 Å². The van der Waals surface area contributed by atoms with Crippen LogP contribution in [-0.4, -0.2) is 36.3 Å². The first kappa shape index (κ1) is 18.0. The summed E-state index contributed by atoms with van der Waals surface area (Å²) in [5, 5.41) is 4.08. The predicted octanol–water partition coefficient (Wildman–Crippen LogP) is 3.66. The molecular formula is C21H21N3O4. The van der Waals surface area contributed by atoms with Gasteiger partial charge in [-0.2, -0.15) is 4.98 Å². The number of hydrogen-bond donors (Lipinski definition) is 0. The molecule has 1 aromatic heterocycles. The van der Waals surface area contributed by atoms with E-state index >= 15 is 0 Å². The lowest BCUT2D eigenvalue weighted by atomic mass is 10.1. The molecular weight excluding hydrogens is 358 g/mol. The van der Waals surface area contributed by atoms with Crippen LogP contribution in [0.5, 0.6) is 11.5 Å². The molecule has 2 heterocycles. The highest BCUT2D eigenvalue weighted by Gasteiger charge is 2.35. The fourth-order valence-electron chi connectivity index (χ4n) is 3.29. The van der Waals surface area contributed by atoms with Crippen LogP contribution in [0.4, 0.5) is 5.69 Å². The van der Waals surface area contributed by atoms with Gasteiger partial charge in [0.05, 0.1) is 19.6 Å². The summed E-state index contributed by atoms with van der Waals surface area (Å²) in [6.45, 7) is 3.05. The maximum Gasteiger partial charge on any atom is 0.232 e. The van der Waals surface area contributed by atoms with Gasteiger partial charge in [-0.3, -0.25) is 4.79 Å². The summed E-state index contributed by atoms with van der Waals surface area (Å²) in [7, 11) is 1.61. The number of hydrogen-bond acceptors (Lipinski definition) is 6. The average molecular weight is 379 g/mol. The van der Waals surface area contributed by atoms with E-state index in [0.29, 0.717) is 37.0 Å². The van der Waals surface area contributed by atoms with E-state index in [-0.39, 0.29) is 11.8 Å². The average Bonchev–Trinajstić information content (AvgIpc) is 3.36. The first-order chi connectivity index (χ1) is 13.7. The van der Waals surface area contributed by atoms with Crippen LogP contribution in [0.15, 0.2) is 53.1 Å². The molecule has 2 aromatic carbocycles. The van der Waals surface area contributed by atoms with Crippen LogP contribution < -0.4 is 14.4 Å². The zero-order valence-electron chi connectivity index (χ0n) is 15.8. The summed E-state index contributed by atoms with van der Waals surface area (Å²) < 4.78 is 16.2.